The lowest BCUT2D eigenvalue weighted by atomic mass is 10.3. The van der Waals surface area contributed by atoms with E-state index in [1.165, 1.54) is 37.6 Å². The van der Waals surface area contributed by atoms with Crippen molar-refractivity contribution in [1.29, 1.82) is 0 Å². The van der Waals surface area contributed by atoms with E-state index in [1.807, 2.05) is 6.92 Å². The predicted molar refractivity (Wildman–Crippen MR) is 86.0 cm³/mol. The van der Waals surface area contributed by atoms with Crippen LogP contribution in [0.25, 0.3) is 0 Å². The van der Waals surface area contributed by atoms with Crippen LogP contribution in [-0.4, -0.2) is 32.1 Å². The van der Waals surface area contributed by atoms with Crippen LogP contribution in [0.5, 0.6) is 11.6 Å². The van der Waals surface area contributed by atoms with Crippen molar-refractivity contribution in [1.82, 2.24) is 9.97 Å². The summed E-state index contributed by atoms with van der Waals surface area (Å²) in [5.41, 5.74) is 6.02. The minimum atomic E-state index is -3.81. The standard InChI is InChI=1S/C14H18N4O4S/c1-3-8-22-13-12(21-2)9-16-14(17-13)18-23(19,20)11-6-4-10(15)5-7-11/h4-7,9H,3,8,15H2,1-2H3,(H,16,17,18). The highest BCUT2D eigenvalue weighted by Gasteiger charge is 2.17. The maximum Gasteiger partial charge on any atom is 0.264 e. The van der Waals surface area contributed by atoms with Gasteiger partial charge in [-0.3, -0.25) is 0 Å². The lowest BCUT2D eigenvalue weighted by Gasteiger charge is -2.11. The lowest BCUT2D eigenvalue weighted by Crippen LogP contribution is -2.15. The highest BCUT2D eigenvalue weighted by Crippen LogP contribution is 2.25. The fourth-order valence-corrected chi connectivity index (χ4v) is 2.62. The Morgan fingerprint density at radius 1 is 1.26 bits per heavy atom. The van der Waals surface area contributed by atoms with Gasteiger partial charge in [-0.1, -0.05) is 6.92 Å². The van der Waals surface area contributed by atoms with E-state index in [0.717, 1.165) is 6.42 Å². The average Bonchev–Trinajstić information content (AvgIpc) is 2.53. The smallest absolute Gasteiger partial charge is 0.264 e. The summed E-state index contributed by atoms with van der Waals surface area (Å²) in [4.78, 5) is 8.01. The van der Waals surface area contributed by atoms with Gasteiger partial charge in [-0.15, -0.1) is 0 Å². The highest BCUT2D eigenvalue weighted by molar-refractivity contribution is 7.92. The normalized spacial score (nSPS) is 11.0. The predicted octanol–water partition coefficient (Wildman–Crippen LogP) is 1.66. The van der Waals surface area contributed by atoms with E-state index >= 15 is 0 Å². The van der Waals surface area contributed by atoms with Crippen molar-refractivity contribution in [3.8, 4) is 11.6 Å². The van der Waals surface area contributed by atoms with Gasteiger partial charge < -0.3 is 15.2 Å². The summed E-state index contributed by atoms with van der Waals surface area (Å²) in [6.07, 6.45) is 2.12. The number of anilines is 2. The first-order chi connectivity index (χ1) is 11.0. The van der Waals surface area contributed by atoms with Crippen LogP contribution >= 0.6 is 0 Å². The molecule has 124 valence electrons. The van der Waals surface area contributed by atoms with Crippen molar-refractivity contribution >= 4 is 21.7 Å². The van der Waals surface area contributed by atoms with Gasteiger partial charge in [0.15, 0.2) is 5.75 Å². The van der Waals surface area contributed by atoms with E-state index in [0.29, 0.717) is 18.0 Å². The molecule has 0 radical (unpaired) electrons. The average molecular weight is 338 g/mol. The first kappa shape index (κ1) is 16.8. The Balaban J connectivity index is 2.26. The van der Waals surface area contributed by atoms with Gasteiger partial charge >= 0.3 is 0 Å². The van der Waals surface area contributed by atoms with Gasteiger partial charge in [0.25, 0.3) is 15.9 Å². The third-order valence-corrected chi connectivity index (χ3v) is 4.15. The van der Waals surface area contributed by atoms with Crippen LogP contribution in [-0.2, 0) is 10.0 Å². The lowest BCUT2D eigenvalue weighted by molar-refractivity contribution is 0.282. The molecule has 0 amide bonds. The van der Waals surface area contributed by atoms with Crippen molar-refractivity contribution in [2.24, 2.45) is 0 Å². The summed E-state index contributed by atoms with van der Waals surface area (Å²) in [6, 6.07) is 5.80. The van der Waals surface area contributed by atoms with E-state index in [2.05, 4.69) is 14.7 Å². The number of rotatable bonds is 7. The number of methoxy groups -OCH3 is 1. The zero-order valence-electron chi connectivity index (χ0n) is 12.8. The van der Waals surface area contributed by atoms with Crippen LogP contribution in [0, 0.1) is 0 Å². The van der Waals surface area contributed by atoms with Crippen molar-refractivity contribution in [3.05, 3.63) is 30.5 Å². The molecule has 0 aliphatic rings. The summed E-state index contributed by atoms with van der Waals surface area (Å²) in [7, 11) is -2.36. The van der Waals surface area contributed by atoms with E-state index in [9.17, 15) is 8.42 Å². The molecule has 0 aliphatic heterocycles. The van der Waals surface area contributed by atoms with Crippen LogP contribution in [0.4, 0.5) is 11.6 Å². The summed E-state index contributed by atoms with van der Waals surface area (Å²) >= 11 is 0. The summed E-state index contributed by atoms with van der Waals surface area (Å²) in [6.45, 7) is 2.37. The molecule has 0 aliphatic carbocycles. The monoisotopic (exact) mass is 338 g/mol. The molecule has 3 N–H and O–H groups in total. The van der Waals surface area contributed by atoms with E-state index in [1.54, 1.807) is 0 Å². The number of hydrogen-bond donors (Lipinski definition) is 2. The summed E-state index contributed by atoms with van der Waals surface area (Å²) in [5.74, 6) is 0.405. The van der Waals surface area contributed by atoms with E-state index in [-0.39, 0.29) is 16.7 Å². The van der Waals surface area contributed by atoms with Gasteiger partial charge in [-0.05, 0) is 30.7 Å². The largest absolute Gasteiger partial charge is 0.490 e. The fraction of sp³-hybridized carbons (Fsp3) is 0.286. The number of nitrogens with two attached hydrogens (primary N) is 1. The molecule has 1 aromatic heterocycles. The van der Waals surface area contributed by atoms with Crippen molar-refractivity contribution in [2.45, 2.75) is 18.2 Å². The van der Waals surface area contributed by atoms with Crippen LogP contribution in [0.15, 0.2) is 35.4 Å². The zero-order chi connectivity index (χ0) is 16.9. The molecule has 2 aromatic rings. The molecule has 0 unspecified atom stereocenters. The summed E-state index contributed by atoms with van der Waals surface area (Å²) in [5, 5.41) is 0. The Kier molecular flexibility index (Phi) is 5.22. The zero-order valence-corrected chi connectivity index (χ0v) is 13.6. The Labute approximate surface area is 134 Å². The first-order valence-corrected chi connectivity index (χ1v) is 8.36. The van der Waals surface area contributed by atoms with Crippen molar-refractivity contribution in [2.75, 3.05) is 24.2 Å². The number of nitrogens with one attached hydrogen (secondary N) is 1. The second-order valence-corrected chi connectivity index (χ2v) is 6.27. The number of nitrogens with zero attached hydrogens (tertiary/aromatic N) is 2. The first-order valence-electron chi connectivity index (χ1n) is 6.88. The molecule has 9 heteroatoms. The van der Waals surface area contributed by atoms with Crippen LogP contribution in [0.3, 0.4) is 0 Å². The van der Waals surface area contributed by atoms with Gasteiger partial charge in [0, 0.05) is 5.69 Å². The molecule has 0 bridgehead atoms. The Morgan fingerprint density at radius 3 is 2.57 bits per heavy atom. The molecule has 1 aromatic carbocycles. The van der Waals surface area contributed by atoms with E-state index in [4.69, 9.17) is 15.2 Å². The third-order valence-electron chi connectivity index (χ3n) is 2.80. The van der Waals surface area contributed by atoms with Crippen molar-refractivity contribution < 1.29 is 17.9 Å². The Morgan fingerprint density at radius 2 is 1.96 bits per heavy atom. The topological polar surface area (TPSA) is 116 Å². The number of benzene rings is 1. The number of sulfonamides is 1. The highest BCUT2D eigenvalue weighted by atomic mass is 32.2. The minimum absolute atomic E-state index is 0.0575. The molecule has 0 spiro atoms. The molecule has 0 saturated carbocycles. The maximum atomic E-state index is 12.3. The third kappa shape index (κ3) is 4.22. The van der Waals surface area contributed by atoms with Crippen LogP contribution < -0.4 is 19.9 Å². The number of aromatic nitrogens is 2. The summed E-state index contributed by atoms with van der Waals surface area (Å²) < 4.78 is 37.4. The second-order valence-electron chi connectivity index (χ2n) is 4.59. The van der Waals surface area contributed by atoms with Crippen LogP contribution in [0.1, 0.15) is 13.3 Å². The Hall–Kier alpha value is -2.55. The molecule has 23 heavy (non-hydrogen) atoms. The van der Waals surface area contributed by atoms with Crippen LogP contribution in [0.2, 0.25) is 0 Å². The van der Waals surface area contributed by atoms with Gasteiger partial charge in [0.2, 0.25) is 5.95 Å². The molecular formula is C14H18N4O4S. The fourth-order valence-electron chi connectivity index (χ4n) is 1.67. The Bertz CT molecular complexity index is 763. The maximum absolute atomic E-state index is 12.3. The second kappa shape index (κ2) is 7.14. The number of hydrogen-bond acceptors (Lipinski definition) is 7. The molecule has 2 rings (SSSR count). The molecular weight excluding hydrogens is 320 g/mol. The van der Waals surface area contributed by atoms with Gasteiger partial charge in [-0.25, -0.2) is 18.1 Å². The quantitative estimate of drug-likeness (QED) is 0.737. The SMILES string of the molecule is CCCOc1nc(NS(=O)(=O)c2ccc(N)cc2)ncc1OC. The minimum Gasteiger partial charge on any atom is -0.490 e. The molecule has 0 atom stereocenters. The molecule has 0 saturated heterocycles. The number of nitrogen functional groups attached to an aromatic ring is 1. The van der Waals surface area contributed by atoms with Crippen molar-refractivity contribution in [3.63, 3.8) is 0 Å². The number of ether oxygens (including phenoxy) is 2. The molecule has 0 fully saturated rings. The molecule has 8 nitrogen and oxygen atoms in total. The molecule has 1 heterocycles. The van der Waals surface area contributed by atoms with Gasteiger partial charge in [-0.2, -0.15) is 4.98 Å². The van der Waals surface area contributed by atoms with Gasteiger partial charge in [0.05, 0.1) is 24.8 Å². The van der Waals surface area contributed by atoms with Gasteiger partial charge in [0.1, 0.15) is 0 Å². The van der Waals surface area contributed by atoms with E-state index < -0.39 is 10.0 Å².